The largest absolute Gasteiger partial charge is 0.439 e. The number of fused-ring (bicyclic) bond motifs is 2. The van der Waals surface area contributed by atoms with Crippen molar-refractivity contribution in [3.8, 4) is 5.75 Å². The van der Waals surface area contributed by atoms with Crippen LogP contribution in [0.25, 0.3) is 10.9 Å². The smallest absolute Gasteiger partial charge is 0.245 e. The van der Waals surface area contributed by atoms with Crippen LogP contribution < -0.4 is 15.2 Å². The number of para-hydroxylation sites is 1. The van der Waals surface area contributed by atoms with Gasteiger partial charge in [-0.15, -0.1) is 0 Å². The van der Waals surface area contributed by atoms with Gasteiger partial charge in [-0.25, -0.2) is 5.43 Å². The topological polar surface area (TPSA) is 61.9 Å². The fraction of sp³-hybridized carbons (Fsp3) is 0.250. The van der Waals surface area contributed by atoms with E-state index in [0.29, 0.717) is 12.5 Å². The zero-order valence-corrected chi connectivity index (χ0v) is 15.1. The highest BCUT2D eigenvalue weighted by atomic mass is 16.5. The summed E-state index contributed by atoms with van der Waals surface area (Å²) in [6, 6.07) is 16.1. The number of rotatable bonds is 4. The number of hydrogen-bond donors (Lipinski definition) is 2. The average Bonchev–Trinajstić information content (AvgIpc) is 3.01. The number of nitrogens with one attached hydrogen (secondary N) is 2. The lowest BCUT2D eigenvalue weighted by Crippen LogP contribution is -2.48. The number of aromatic amines is 1. The van der Waals surface area contributed by atoms with Gasteiger partial charge in [-0.05, 0) is 50.2 Å². The van der Waals surface area contributed by atoms with Gasteiger partial charge < -0.3 is 14.5 Å². The van der Waals surface area contributed by atoms with Crippen LogP contribution in [0.4, 0.5) is 5.69 Å². The number of aliphatic imine (C=N–C) groups is 1. The third kappa shape index (κ3) is 2.94. The molecule has 0 spiro atoms. The number of ether oxygens (including phenoxy) is 2. The van der Waals surface area contributed by atoms with Crippen LogP contribution in [0.15, 0.2) is 53.5 Å². The summed E-state index contributed by atoms with van der Waals surface area (Å²) in [6.45, 7) is 4.55. The van der Waals surface area contributed by atoms with Crippen molar-refractivity contribution in [1.82, 2.24) is 10.4 Å². The van der Waals surface area contributed by atoms with Gasteiger partial charge >= 0.3 is 0 Å². The molecular formula is C20H22N4O2. The van der Waals surface area contributed by atoms with Crippen LogP contribution in [0.2, 0.25) is 0 Å². The first-order chi connectivity index (χ1) is 12.7. The molecule has 0 saturated carbocycles. The number of benzene rings is 2. The first-order valence-corrected chi connectivity index (χ1v) is 8.72. The van der Waals surface area contributed by atoms with E-state index in [-0.39, 0.29) is 0 Å². The van der Waals surface area contributed by atoms with Gasteiger partial charge in [-0.3, -0.25) is 5.01 Å². The molecule has 0 bridgehead atoms. The molecule has 6 nitrogen and oxygen atoms in total. The lowest BCUT2D eigenvalue weighted by atomic mass is 10.1. The van der Waals surface area contributed by atoms with Gasteiger partial charge in [0.15, 0.2) is 0 Å². The first-order valence-electron chi connectivity index (χ1n) is 8.72. The maximum Gasteiger partial charge on any atom is 0.245 e. The number of aromatic nitrogens is 1. The summed E-state index contributed by atoms with van der Waals surface area (Å²) in [6.07, 6.45) is -0.479. The van der Waals surface area contributed by atoms with Crippen molar-refractivity contribution in [3.05, 3.63) is 59.8 Å². The second kappa shape index (κ2) is 6.82. The minimum atomic E-state index is -0.479. The van der Waals surface area contributed by atoms with E-state index in [4.69, 9.17) is 9.47 Å². The molecule has 2 N–H and O–H groups in total. The Kier molecular flexibility index (Phi) is 4.36. The Morgan fingerprint density at radius 1 is 1.19 bits per heavy atom. The van der Waals surface area contributed by atoms with E-state index in [0.717, 1.165) is 33.6 Å². The third-order valence-electron chi connectivity index (χ3n) is 4.34. The Balaban J connectivity index is 1.72. The summed E-state index contributed by atoms with van der Waals surface area (Å²) >= 11 is 0. The maximum atomic E-state index is 6.17. The summed E-state index contributed by atoms with van der Waals surface area (Å²) in [5, 5.41) is 3.01. The van der Waals surface area contributed by atoms with Crippen molar-refractivity contribution in [2.45, 2.75) is 20.2 Å². The Morgan fingerprint density at radius 2 is 2.04 bits per heavy atom. The first kappa shape index (κ1) is 16.6. The maximum absolute atomic E-state index is 6.17. The predicted octanol–water partition coefficient (Wildman–Crippen LogP) is 3.58. The molecule has 1 unspecified atom stereocenters. The summed E-state index contributed by atoms with van der Waals surface area (Å²) < 4.78 is 11.9. The molecule has 134 valence electrons. The van der Waals surface area contributed by atoms with Crippen molar-refractivity contribution in [2.75, 3.05) is 18.7 Å². The summed E-state index contributed by atoms with van der Waals surface area (Å²) in [5.74, 6) is 1.30. The molecule has 1 aliphatic rings. The minimum absolute atomic E-state index is 0.479. The highest BCUT2D eigenvalue weighted by Gasteiger charge is 2.28. The quantitative estimate of drug-likeness (QED) is 0.755. The molecule has 26 heavy (non-hydrogen) atoms. The summed E-state index contributed by atoms with van der Waals surface area (Å²) in [4.78, 5) is 7.99. The van der Waals surface area contributed by atoms with E-state index in [1.54, 1.807) is 0 Å². The molecule has 1 aliphatic heterocycles. The Hall–Kier alpha value is -2.83. The second-order valence-electron chi connectivity index (χ2n) is 6.13. The van der Waals surface area contributed by atoms with Crippen LogP contribution in [-0.4, -0.2) is 30.9 Å². The van der Waals surface area contributed by atoms with E-state index in [2.05, 4.69) is 21.5 Å². The number of aryl methyl sites for hydroxylation is 1. The van der Waals surface area contributed by atoms with E-state index in [1.807, 2.05) is 68.4 Å². The van der Waals surface area contributed by atoms with Gasteiger partial charge in [-0.1, -0.05) is 12.1 Å². The highest BCUT2D eigenvalue weighted by Crippen LogP contribution is 2.29. The van der Waals surface area contributed by atoms with Crippen LogP contribution in [0, 0.1) is 6.92 Å². The molecule has 1 atom stereocenters. The molecular weight excluding hydrogens is 328 g/mol. The van der Waals surface area contributed by atoms with Gasteiger partial charge in [0.2, 0.25) is 12.2 Å². The standard InChI is InChI=1S/C20H22N4O2/c1-4-25-20-23-19(16-7-5-6-8-18(16)24(20)21-3)26-15-9-10-17-14(12-15)11-13(2)22-17/h5-12,20-22H,4H2,1-3H3. The number of nitrogens with zero attached hydrogens (tertiary/aromatic N) is 2. The molecule has 0 radical (unpaired) electrons. The fourth-order valence-electron chi connectivity index (χ4n) is 3.22. The molecule has 2 heterocycles. The molecule has 0 aliphatic carbocycles. The van der Waals surface area contributed by atoms with Crippen LogP contribution in [0.3, 0.4) is 0 Å². The average molecular weight is 350 g/mol. The van der Waals surface area contributed by atoms with Crippen LogP contribution in [-0.2, 0) is 4.74 Å². The molecule has 6 heteroatoms. The van der Waals surface area contributed by atoms with E-state index in [9.17, 15) is 0 Å². The predicted molar refractivity (Wildman–Crippen MR) is 104 cm³/mol. The summed E-state index contributed by atoms with van der Waals surface area (Å²) in [5.41, 5.74) is 7.25. The van der Waals surface area contributed by atoms with Gasteiger partial charge in [0.1, 0.15) is 5.75 Å². The lowest BCUT2D eigenvalue weighted by molar-refractivity contribution is 0.0581. The lowest BCUT2D eigenvalue weighted by Gasteiger charge is -2.34. The van der Waals surface area contributed by atoms with Gasteiger partial charge in [-0.2, -0.15) is 4.99 Å². The number of H-pyrrole nitrogens is 1. The van der Waals surface area contributed by atoms with Crippen LogP contribution in [0.5, 0.6) is 5.75 Å². The van der Waals surface area contributed by atoms with Gasteiger partial charge in [0, 0.05) is 30.3 Å². The monoisotopic (exact) mass is 350 g/mol. The highest BCUT2D eigenvalue weighted by molar-refractivity contribution is 6.02. The Bertz CT molecular complexity index is 963. The molecule has 3 aromatic rings. The van der Waals surface area contributed by atoms with Crippen molar-refractivity contribution in [3.63, 3.8) is 0 Å². The fourth-order valence-corrected chi connectivity index (χ4v) is 3.22. The van der Waals surface area contributed by atoms with E-state index in [1.165, 1.54) is 0 Å². The molecule has 0 fully saturated rings. The molecule has 0 saturated heterocycles. The number of hydrogen-bond acceptors (Lipinski definition) is 5. The normalized spacial score (nSPS) is 16.5. The number of anilines is 1. The number of hydrazine groups is 1. The zero-order valence-electron chi connectivity index (χ0n) is 15.1. The second-order valence-corrected chi connectivity index (χ2v) is 6.13. The van der Waals surface area contributed by atoms with E-state index < -0.39 is 6.35 Å². The molecule has 4 rings (SSSR count). The van der Waals surface area contributed by atoms with Crippen LogP contribution in [0.1, 0.15) is 18.2 Å². The summed E-state index contributed by atoms with van der Waals surface area (Å²) in [7, 11) is 1.85. The van der Waals surface area contributed by atoms with Crippen molar-refractivity contribution in [1.29, 1.82) is 0 Å². The zero-order chi connectivity index (χ0) is 18.1. The van der Waals surface area contributed by atoms with Crippen molar-refractivity contribution in [2.24, 2.45) is 4.99 Å². The minimum Gasteiger partial charge on any atom is -0.439 e. The van der Waals surface area contributed by atoms with Crippen molar-refractivity contribution >= 4 is 22.5 Å². The Labute approximate surface area is 152 Å². The van der Waals surface area contributed by atoms with Gasteiger partial charge in [0.05, 0.1) is 11.3 Å². The van der Waals surface area contributed by atoms with E-state index >= 15 is 0 Å². The van der Waals surface area contributed by atoms with Gasteiger partial charge in [0.25, 0.3) is 0 Å². The molecule has 0 amide bonds. The Morgan fingerprint density at radius 3 is 2.85 bits per heavy atom. The van der Waals surface area contributed by atoms with Crippen molar-refractivity contribution < 1.29 is 9.47 Å². The third-order valence-corrected chi connectivity index (χ3v) is 4.34. The SMILES string of the molecule is CCOC1N=C(Oc2ccc3[nH]c(C)cc3c2)c2ccccc2N1NC. The van der Waals surface area contributed by atoms with Crippen LogP contribution >= 0.6 is 0 Å². The molecule has 2 aromatic carbocycles. The molecule has 1 aromatic heterocycles.